The highest BCUT2D eigenvalue weighted by Crippen LogP contribution is 2.17. The van der Waals surface area contributed by atoms with Crippen LogP contribution in [0.1, 0.15) is 55.8 Å². The van der Waals surface area contributed by atoms with Crippen molar-refractivity contribution in [3.8, 4) is 0 Å². The largest absolute Gasteiger partial charge is 0.301 e. The predicted molar refractivity (Wildman–Crippen MR) is 79.5 cm³/mol. The summed E-state index contributed by atoms with van der Waals surface area (Å²) in [5, 5.41) is 0. The molecule has 2 rings (SSSR count). The van der Waals surface area contributed by atoms with Crippen LogP contribution in [0.25, 0.3) is 0 Å². The van der Waals surface area contributed by atoms with Crippen LogP contribution < -0.4 is 0 Å². The number of hydrogen-bond donors (Lipinski definition) is 0. The lowest BCUT2D eigenvalue weighted by Gasteiger charge is -2.26. The average Bonchev–Trinajstić information content (AvgIpc) is 2.65. The minimum absolute atomic E-state index is 0.281. The lowest BCUT2D eigenvalue weighted by molar-refractivity contribution is 0.0971. The van der Waals surface area contributed by atoms with Crippen molar-refractivity contribution in [2.75, 3.05) is 13.1 Å². The van der Waals surface area contributed by atoms with Gasteiger partial charge in [-0.25, -0.2) is 0 Å². The lowest BCUT2D eigenvalue weighted by Crippen LogP contribution is -2.33. The van der Waals surface area contributed by atoms with Crippen molar-refractivity contribution in [1.29, 1.82) is 0 Å². The van der Waals surface area contributed by atoms with E-state index in [9.17, 15) is 4.79 Å². The second kappa shape index (κ2) is 7.44. The SMILES string of the molecule is CC1CCCCCN1CCCC(=O)c1ccccc1. The number of carbonyl (C=O) groups is 1. The smallest absolute Gasteiger partial charge is 0.162 e. The maximum atomic E-state index is 12.0. The quantitative estimate of drug-likeness (QED) is 0.747. The van der Waals surface area contributed by atoms with Crippen LogP contribution >= 0.6 is 0 Å². The van der Waals surface area contributed by atoms with Gasteiger partial charge in [0.2, 0.25) is 0 Å². The molecule has 104 valence electrons. The van der Waals surface area contributed by atoms with Crippen LogP contribution in [0.5, 0.6) is 0 Å². The van der Waals surface area contributed by atoms with Crippen LogP contribution in [0.3, 0.4) is 0 Å². The first-order valence-corrected chi connectivity index (χ1v) is 7.59. The Balaban J connectivity index is 1.75. The molecule has 1 atom stereocenters. The summed E-state index contributed by atoms with van der Waals surface area (Å²) in [5.74, 6) is 0.281. The van der Waals surface area contributed by atoms with E-state index < -0.39 is 0 Å². The third kappa shape index (κ3) is 4.46. The van der Waals surface area contributed by atoms with Gasteiger partial charge in [-0.2, -0.15) is 0 Å². The summed E-state index contributed by atoms with van der Waals surface area (Å²) in [7, 11) is 0. The monoisotopic (exact) mass is 259 g/mol. The summed E-state index contributed by atoms with van der Waals surface area (Å²) in [6, 6.07) is 10.3. The predicted octanol–water partition coefficient (Wildman–Crippen LogP) is 3.91. The minimum Gasteiger partial charge on any atom is -0.301 e. The van der Waals surface area contributed by atoms with E-state index in [1.807, 2.05) is 30.3 Å². The highest BCUT2D eigenvalue weighted by atomic mass is 16.1. The molecular formula is C17H25NO. The summed E-state index contributed by atoms with van der Waals surface area (Å²) in [6.07, 6.45) is 7.01. The van der Waals surface area contributed by atoms with E-state index in [-0.39, 0.29) is 5.78 Å². The van der Waals surface area contributed by atoms with Gasteiger partial charge in [0.15, 0.2) is 5.78 Å². The molecule has 1 unspecified atom stereocenters. The Labute approximate surface area is 116 Å². The second-order valence-corrected chi connectivity index (χ2v) is 5.63. The summed E-state index contributed by atoms with van der Waals surface area (Å²) in [5.41, 5.74) is 0.853. The summed E-state index contributed by atoms with van der Waals surface area (Å²) in [4.78, 5) is 14.6. The molecule has 1 aromatic carbocycles. The second-order valence-electron chi connectivity index (χ2n) is 5.63. The molecule has 0 bridgehead atoms. The van der Waals surface area contributed by atoms with Gasteiger partial charge in [0.1, 0.15) is 0 Å². The molecule has 1 fully saturated rings. The third-order valence-corrected chi connectivity index (χ3v) is 4.14. The minimum atomic E-state index is 0.281. The molecule has 2 heteroatoms. The van der Waals surface area contributed by atoms with Crippen molar-refractivity contribution in [1.82, 2.24) is 4.90 Å². The van der Waals surface area contributed by atoms with Crippen LogP contribution in [-0.4, -0.2) is 29.8 Å². The number of benzene rings is 1. The van der Waals surface area contributed by atoms with E-state index in [4.69, 9.17) is 0 Å². The zero-order valence-electron chi connectivity index (χ0n) is 12.0. The summed E-state index contributed by atoms with van der Waals surface area (Å²) < 4.78 is 0. The molecule has 2 nitrogen and oxygen atoms in total. The maximum absolute atomic E-state index is 12.0. The number of hydrogen-bond acceptors (Lipinski definition) is 2. The van der Waals surface area contributed by atoms with Gasteiger partial charge >= 0.3 is 0 Å². The summed E-state index contributed by atoms with van der Waals surface area (Å²) >= 11 is 0. The fourth-order valence-electron chi connectivity index (χ4n) is 2.88. The Hall–Kier alpha value is -1.15. The molecule has 0 aliphatic carbocycles. The van der Waals surface area contributed by atoms with Crippen LogP contribution in [0.2, 0.25) is 0 Å². The fraction of sp³-hybridized carbons (Fsp3) is 0.588. The molecule has 1 saturated heterocycles. The van der Waals surface area contributed by atoms with Crippen molar-refractivity contribution >= 4 is 5.78 Å². The summed E-state index contributed by atoms with van der Waals surface area (Å²) in [6.45, 7) is 4.60. The van der Waals surface area contributed by atoms with Crippen molar-refractivity contribution in [2.24, 2.45) is 0 Å². The molecule has 1 heterocycles. The zero-order valence-corrected chi connectivity index (χ0v) is 12.0. The maximum Gasteiger partial charge on any atom is 0.162 e. The van der Waals surface area contributed by atoms with Crippen molar-refractivity contribution in [2.45, 2.75) is 51.5 Å². The van der Waals surface area contributed by atoms with Crippen molar-refractivity contribution < 1.29 is 4.79 Å². The van der Waals surface area contributed by atoms with Gasteiger partial charge in [-0.1, -0.05) is 43.2 Å². The normalized spacial score (nSPS) is 21.0. The van der Waals surface area contributed by atoms with E-state index in [0.717, 1.165) is 18.5 Å². The van der Waals surface area contributed by atoms with Gasteiger partial charge in [0, 0.05) is 18.0 Å². The lowest BCUT2D eigenvalue weighted by atomic mass is 10.1. The highest BCUT2D eigenvalue weighted by Gasteiger charge is 2.16. The first kappa shape index (κ1) is 14.3. The van der Waals surface area contributed by atoms with Gasteiger partial charge in [0.05, 0.1) is 0 Å². The van der Waals surface area contributed by atoms with Crippen LogP contribution in [0.4, 0.5) is 0 Å². The van der Waals surface area contributed by atoms with Crippen molar-refractivity contribution in [3.05, 3.63) is 35.9 Å². The van der Waals surface area contributed by atoms with Gasteiger partial charge in [-0.3, -0.25) is 4.79 Å². The zero-order chi connectivity index (χ0) is 13.5. The molecule has 0 radical (unpaired) electrons. The molecule has 0 amide bonds. The van der Waals surface area contributed by atoms with E-state index >= 15 is 0 Å². The van der Waals surface area contributed by atoms with Gasteiger partial charge in [-0.15, -0.1) is 0 Å². The van der Waals surface area contributed by atoms with E-state index in [1.165, 1.54) is 32.2 Å². The number of likely N-dealkylation sites (tertiary alicyclic amines) is 1. The molecule has 1 aromatic rings. The van der Waals surface area contributed by atoms with E-state index in [0.29, 0.717) is 12.5 Å². The van der Waals surface area contributed by atoms with Gasteiger partial charge in [0.25, 0.3) is 0 Å². The average molecular weight is 259 g/mol. The molecule has 0 N–H and O–H groups in total. The van der Waals surface area contributed by atoms with Gasteiger partial charge in [-0.05, 0) is 39.3 Å². The van der Waals surface area contributed by atoms with Crippen molar-refractivity contribution in [3.63, 3.8) is 0 Å². The molecule has 0 saturated carbocycles. The number of rotatable bonds is 5. The molecule has 1 aliphatic rings. The third-order valence-electron chi connectivity index (χ3n) is 4.14. The topological polar surface area (TPSA) is 20.3 Å². The van der Waals surface area contributed by atoms with Crippen LogP contribution in [0, 0.1) is 0 Å². The van der Waals surface area contributed by atoms with Gasteiger partial charge < -0.3 is 4.90 Å². The highest BCUT2D eigenvalue weighted by molar-refractivity contribution is 5.95. The Morgan fingerprint density at radius 2 is 2.00 bits per heavy atom. The Kier molecular flexibility index (Phi) is 5.59. The molecule has 0 aromatic heterocycles. The molecule has 0 spiro atoms. The van der Waals surface area contributed by atoms with Crippen LogP contribution in [0.15, 0.2) is 30.3 Å². The Bertz CT molecular complexity index is 388. The Morgan fingerprint density at radius 3 is 2.79 bits per heavy atom. The Morgan fingerprint density at radius 1 is 1.21 bits per heavy atom. The number of Topliss-reactive ketones (excluding diaryl/α,β-unsaturated/α-hetero) is 1. The van der Waals surface area contributed by atoms with Crippen LogP contribution in [-0.2, 0) is 0 Å². The van der Waals surface area contributed by atoms with E-state index in [2.05, 4.69) is 11.8 Å². The number of nitrogens with zero attached hydrogens (tertiary/aromatic N) is 1. The molecular weight excluding hydrogens is 234 g/mol. The standard InChI is InChI=1S/C17H25NO/c1-15-9-4-3-7-13-18(15)14-8-12-17(19)16-10-5-2-6-11-16/h2,5-6,10-11,15H,3-4,7-9,12-14H2,1H3. The number of ketones is 1. The molecule has 1 aliphatic heterocycles. The fourth-order valence-corrected chi connectivity index (χ4v) is 2.88. The van der Waals surface area contributed by atoms with E-state index in [1.54, 1.807) is 0 Å². The first-order valence-electron chi connectivity index (χ1n) is 7.59. The molecule has 19 heavy (non-hydrogen) atoms. The number of carbonyl (C=O) groups excluding carboxylic acids is 1. The first-order chi connectivity index (χ1) is 9.27.